The second kappa shape index (κ2) is 4.30. The van der Waals surface area contributed by atoms with Crippen molar-refractivity contribution in [2.75, 3.05) is 0 Å². The first-order chi connectivity index (χ1) is 8.08. The summed E-state index contributed by atoms with van der Waals surface area (Å²) in [6, 6.07) is 8.22. The van der Waals surface area contributed by atoms with Crippen molar-refractivity contribution in [1.82, 2.24) is 0 Å². The van der Waals surface area contributed by atoms with Gasteiger partial charge in [0, 0.05) is 6.07 Å². The molecule has 0 atom stereocenters. The number of halogens is 3. The Labute approximate surface area is 95.7 Å². The highest BCUT2D eigenvalue weighted by Crippen LogP contribution is 2.23. The Hall–Kier alpha value is -2.28. The van der Waals surface area contributed by atoms with Crippen molar-refractivity contribution in [3.05, 3.63) is 59.4 Å². The molecule has 0 saturated carbocycles. The third-order valence-electron chi connectivity index (χ3n) is 2.22. The summed E-state index contributed by atoms with van der Waals surface area (Å²) in [5, 5.41) is 8.68. The SMILES string of the molecule is N#Cc1cc(F)cc(-c2cc(F)cc(F)c2)c1. The predicted octanol–water partition coefficient (Wildman–Crippen LogP) is 3.64. The highest BCUT2D eigenvalue weighted by atomic mass is 19.1. The fourth-order valence-electron chi connectivity index (χ4n) is 1.54. The Morgan fingerprint density at radius 2 is 1.18 bits per heavy atom. The van der Waals surface area contributed by atoms with Gasteiger partial charge in [0.1, 0.15) is 17.5 Å². The molecule has 0 N–H and O–H groups in total. The minimum atomic E-state index is -0.747. The average Bonchev–Trinajstić information content (AvgIpc) is 2.26. The predicted molar refractivity (Wildman–Crippen MR) is 56.5 cm³/mol. The van der Waals surface area contributed by atoms with Gasteiger partial charge in [0.05, 0.1) is 11.6 Å². The smallest absolute Gasteiger partial charge is 0.126 e. The normalized spacial score (nSPS) is 10.0. The summed E-state index contributed by atoms with van der Waals surface area (Å²) >= 11 is 0. The maximum Gasteiger partial charge on any atom is 0.126 e. The zero-order chi connectivity index (χ0) is 12.4. The lowest BCUT2D eigenvalue weighted by molar-refractivity contribution is 0.584. The van der Waals surface area contributed by atoms with E-state index < -0.39 is 17.5 Å². The summed E-state index contributed by atoms with van der Waals surface area (Å²) < 4.78 is 39.2. The molecule has 0 aliphatic heterocycles. The molecule has 0 bridgehead atoms. The van der Waals surface area contributed by atoms with Gasteiger partial charge in [0.2, 0.25) is 0 Å². The van der Waals surface area contributed by atoms with E-state index in [1.165, 1.54) is 6.07 Å². The van der Waals surface area contributed by atoms with Gasteiger partial charge in [-0.15, -0.1) is 0 Å². The average molecular weight is 233 g/mol. The van der Waals surface area contributed by atoms with Crippen LogP contribution in [-0.2, 0) is 0 Å². The second-order valence-corrected chi connectivity index (χ2v) is 3.50. The van der Waals surface area contributed by atoms with Crippen LogP contribution in [0.25, 0.3) is 11.1 Å². The summed E-state index contributed by atoms with van der Waals surface area (Å²) in [6.07, 6.45) is 0. The van der Waals surface area contributed by atoms with Crippen LogP contribution in [0.5, 0.6) is 0 Å². The molecule has 0 aromatic heterocycles. The first kappa shape index (κ1) is 11.2. The standard InChI is InChI=1S/C13H6F3N/c14-11-2-8(7-17)1-9(3-11)10-4-12(15)6-13(16)5-10/h1-6H. The van der Waals surface area contributed by atoms with Gasteiger partial charge in [-0.1, -0.05) is 0 Å². The Kier molecular flexibility index (Phi) is 2.84. The first-order valence-electron chi connectivity index (χ1n) is 4.75. The maximum absolute atomic E-state index is 13.2. The highest BCUT2D eigenvalue weighted by Gasteiger charge is 2.06. The molecule has 2 aromatic rings. The van der Waals surface area contributed by atoms with Gasteiger partial charge in [-0.05, 0) is 41.5 Å². The summed E-state index contributed by atoms with van der Waals surface area (Å²) in [4.78, 5) is 0. The lowest BCUT2D eigenvalue weighted by Gasteiger charge is -2.03. The Morgan fingerprint density at radius 1 is 0.706 bits per heavy atom. The second-order valence-electron chi connectivity index (χ2n) is 3.50. The number of rotatable bonds is 1. The van der Waals surface area contributed by atoms with E-state index in [9.17, 15) is 13.2 Å². The van der Waals surface area contributed by atoms with E-state index in [1.807, 2.05) is 0 Å². The van der Waals surface area contributed by atoms with Crippen LogP contribution in [-0.4, -0.2) is 0 Å². The molecule has 0 unspecified atom stereocenters. The van der Waals surface area contributed by atoms with Crippen molar-refractivity contribution in [3.63, 3.8) is 0 Å². The van der Waals surface area contributed by atoms with Crippen LogP contribution in [0.2, 0.25) is 0 Å². The van der Waals surface area contributed by atoms with E-state index >= 15 is 0 Å². The minimum Gasteiger partial charge on any atom is -0.207 e. The first-order valence-corrected chi connectivity index (χ1v) is 4.75. The van der Waals surface area contributed by atoms with E-state index in [0.717, 1.165) is 30.3 Å². The van der Waals surface area contributed by atoms with Gasteiger partial charge < -0.3 is 0 Å². The van der Waals surface area contributed by atoms with E-state index in [2.05, 4.69) is 0 Å². The summed E-state index contributed by atoms with van der Waals surface area (Å²) in [5.74, 6) is -2.12. The number of hydrogen-bond acceptors (Lipinski definition) is 1. The molecular weight excluding hydrogens is 227 g/mol. The molecule has 0 aliphatic rings. The maximum atomic E-state index is 13.2. The molecule has 0 heterocycles. The molecule has 0 saturated heterocycles. The lowest BCUT2D eigenvalue weighted by atomic mass is 10.0. The van der Waals surface area contributed by atoms with E-state index in [0.29, 0.717) is 0 Å². The molecule has 0 spiro atoms. The van der Waals surface area contributed by atoms with E-state index in [4.69, 9.17) is 5.26 Å². The Morgan fingerprint density at radius 3 is 1.71 bits per heavy atom. The Balaban J connectivity index is 2.60. The lowest BCUT2D eigenvalue weighted by Crippen LogP contribution is -1.87. The van der Waals surface area contributed by atoms with Crippen LogP contribution in [0.4, 0.5) is 13.2 Å². The number of benzene rings is 2. The third kappa shape index (κ3) is 2.45. The molecular formula is C13H6F3N. The van der Waals surface area contributed by atoms with Crippen molar-refractivity contribution in [3.8, 4) is 17.2 Å². The van der Waals surface area contributed by atoms with Gasteiger partial charge in [-0.3, -0.25) is 0 Å². The zero-order valence-corrected chi connectivity index (χ0v) is 8.55. The fraction of sp³-hybridized carbons (Fsp3) is 0. The molecule has 2 aromatic carbocycles. The molecule has 0 radical (unpaired) electrons. The quantitative estimate of drug-likeness (QED) is 0.737. The number of nitriles is 1. The van der Waals surface area contributed by atoms with E-state index in [1.54, 1.807) is 6.07 Å². The van der Waals surface area contributed by atoms with Gasteiger partial charge in [-0.25, -0.2) is 13.2 Å². The highest BCUT2D eigenvalue weighted by molar-refractivity contribution is 5.65. The van der Waals surface area contributed by atoms with Crippen molar-refractivity contribution in [2.45, 2.75) is 0 Å². The molecule has 4 heteroatoms. The van der Waals surface area contributed by atoms with Gasteiger partial charge >= 0.3 is 0 Å². The van der Waals surface area contributed by atoms with Gasteiger partial charge in [-0.2, -0.15) is 5.26 Å². The number of hydrogen-bond donors (Lipinski definition) is 0. The van der Waals surface area contributed by atoms with Crippen LogP contribution in [0.3, 0.4) is 0 Å². The molecule has 2 rings (SSSR count). The molecule has 17 heavy (non-hydrogen) atoms. The van der Waals surface area contributed by atoms with Crippen LogP contribution in [0.15, 0.2) is 36.4 Å². The van der Waals surface area contributed by atoms with Crippen molar-refractivity contribution < 1.29 is 13.2 Å². The molecule has 0 fully saturated rings. The number of nitrogens with zero attached hydrogens (tertiary/aromatic N) is 1. The molecule has 1 nitrogen and oxygen atoms in total. The van der Waals surface area contributed by atoms with Crippen molar-refractivity contribution >= 4 is 0 Å². The topological polar surface area (TPSA) is 23.8 Å². The fourth-order valence-corrected chi connectivity index (χ4v) is 1.54. The van der Waals surface area contributed by atoms with Gasteiger partial charge in [0.15, 0.2) is 0 Å². The molecule has 84 valence electrons. The van der Waals surface area contributed by atoms with Crippen LogP contribution >= 0.6 is 0 Å². The monoisotopic (exact) mass is 233 g/mol. The van der Waals surface area contributed by atoms with E-state index in [-0.39, 0.29) is 16.7 Å². The van der Waals surface area contributed by atoms with Crippen molar-refractivity contribution in [1.29, 1.82) is 5.26 Å². The Bertz CT molecular complexity index is 594. The summed E-state index contributed by atoms with van der Waals surface area (Å²) in [6.45, 7) is 0. The van der Waals surface area contributed by atoms with Crippen LogP contribution < -0.4 is 0 Å². The van der Waals surface area contributed by atoms with Crippen LogP contribution in [0.1, 0.15) is 5.56 Å². The third-order valence-corrected chi connectivity index (χ3v) is 2.22. The molecule has 0 aliphatic carbocycles. The summed E-state index contributed by atoms with van der Waals surface area (Å²) in [7, 11) is 0. The summed E-state index contributed by atoms with van der Waals surface area (Å²) in [5.41, 5.74) is 0.558. The zero-order valence-electron chi connectivity index (χ0n) is 8.55. The molecule has 0 amide bonds. The van der Waals surface area contributed by atoms with Crippen LogP contribution in [0, 0.1) is 28.8 Å². The van der Waals surface area contributed by atoms with Gasteiger partial charge in [0.25, 0.3) is 0 Å². The minimum absolute atomic E-state index is 0.102. The largest absolute Gasteiger partial charge is 0.207 e. The van der Waals surface area contributed by atoms with Crippen molar-refractivity contribution in [2.24, 2.45) is 0 Å².